The summed E-state index contributed by atoms with van der Waals surface area (Å²) in [5.41, 5.74) is 0.275. The lowest BCUT2D eigenvalue weighted by Crippen LogP contribution is -2.41. The van der Waals surface area contributed by atoms with Crippen molar-refractivity contribution in [3.63, 3.8) is 0 Å². The summed E-state index contributed by atoms with van der Waals surface area (Å²) in [6.07, 6.45) is 1.74. The van der Waals surface area contributed by atoms with E-state index >= 15 is 0 Å². The Labute approximate surface area is 150 Å². The van der Waals surface area contributed by atoms with Gasteiger partial charge in [0.05, 0.1) is 17.9 Å². The van der Waals surface area contributed by atoms with Gasteiger partial charge in [-0.15, -0.1) is 0 Å². The average molecular weight is 349 g/mol. The van der Waals surface area contributed by atoms with Crippen LogP contribution in [0, 0.1) is 0 Å². The fourth-order valence-electron chi connectivity index (χ4n) is 3.29. The summed E-state index contributed by atoms with van der Waals surface area (Å²) in [7, 11) is -0.377. The van der Waals surface area contributed by atoms with Crippen molar-refractivity contribution in [3.8, 4) is 5.75 Å². The summed E-state index contributed by atoms with van der Waals surface area (Å²) in [6, 6.07) is 7.97. The minimum absolute atomic E-state index is 0.160. The molecule has 0 amide bonds. The Morgan fingerprint density at radius 2 is 1.96 bits per heavy atom. The van der Waals surface area contributed by atoms with Gasteiger partial charge in [-0.05, 0) is 58.1 Å². The van der Waals surface area contributed by atoms with E-state index in [2.05, 4.69) is 32.6 Å². The van der Waals surface area contributed by atoms with Crippen LogP contribution in [-0.4, -0.2) is 55.6 Å². The summed E-state index contributed by atoms with van der Waals surface area (Å²) in [6.45, 7) is 10.6. The molecule has 0 spiro atoms. The van der Waals surface area contributed by atoms with Gasteiger partial charge in [0.25, 0.3) is 0 Å². The third-order valence-electron chi connectivity index (χ3n) is 5.52. The molecule has 25 heavy (non-hydrogen) atoms. The first-order valence-corrected chi connectivity index (χ1v) is 9.21. The number of alkyl halides is 1. The third kappa shape index (κ3) is 4.18. The van der Waals surface area contributed by atoms with Gasteiger partial charge in [0.2, 0.25) is 0 Å². The second kappa shape index (κ2) is 7.26. The van der Waals surface area contributed by atoms with Crippen LogP contribution >= 0.6 is 0 Å². The second-order valence-corrected chi connectivity index (χ2v) is 8.03. The van der Waals surface area contributed by atoms with Crippen LogP contribution in [0.3, 0.4) is 0 Å². The zero-order valence-corrected chi connectivity index (χ0v) is 15.8. The topological polar surface area (TPSA) is 30.9 Å². The lowest BCUT2D eigenvalue weighted by Gasteiger charge is -2.32. The molecule has 1 unspecified atom stereocenters. The number of hydrogen-bond acceptors (Lipinski definition) is 4. The van der Waals surface area contributed by atoms with Gasteiger partial charge in [-0.2, -0.15) is 0 Å². The van der Waals surface area contributed by atoms with Crippen LogP contribution in [0.2, 0.25) is 0 Å². The van der Waals surface area contributed by atoms with Gasteiger partial charge >= 0.3 is 7.12 Å². The molecule has 2 aliphatic rings. The molecule has 0 radical (unpaired) electrons. The van der Waals surface area contributed by atoms with E-state index in [0.29, 0.717) is 6.42 Å². The molecular weight excluding hydrogens is 320 g/mol. The van der Waals surface area contributed by atoms with Gasteiger partial charge in [-0.25, -0.2) is 0 Å². The molecule has 1 atom stereocenters. The van der Waals surface area contributed by atoms with Crippen LogP contribution in [0.15, 0.2) is 24.3 Å². The molecule has 4 nitrogen and oxygen atoms in total. The first-order chi connectivity index (χ1) is 11.8. The highest BCUT2D eigenvalue weighted by molar-refractivity contribution is 6.62. The van der Waals surface area contributed by atoms with Gasteiger partial charge < -0.3 is 14.0 Å². The van der Waals surface area contributed by atoms with Crippen LogP contribution < -0.4 is 10.2 Å². The lowest BCUT2D eigenvalue weighted by atomic mass is 9.79. The zero-order chi connectivity index (χ0) is 18.1. The van der Waals surface area contributed by atoms with Crippen molar-refractivity contribution in [2.75, 3.05) is 26.3 Å². The van der Waals surface area contributed by atoms with E-state index in [1.807, 2.05) is 24.3 Å². The summed E-state index contributed by atoms with van der Waals surface area (Å²) in [5.74, 6) is 0.838. The van der Waals surface area contributed by atoms with E-state index < -0.39 is 0 Å². The molecule has 2 saturated heterocycles. The Morgan fingerprint density at radius 1 is 1.24 bits per heavy atom. The van der Waals surface area contributed by atoms with Gasteiger partial charge in [-0.3, -0.25) is 9.29 Å². The molecule has 6 heteroatoms. The molecule has 0 bridgehead atoms. The van der Waals surface area contributed by atoms with Crippen LogP contribution in [0.4, 0.5) is 4.39 Å². The molecule has 1 aromatic carbocycles. The third-order valence-corrected chi connectivity index (χ3v) is 5.52. The monoisotopic (exact) mass is 349 g/mol. The highest BCUT2D eigenvalue weighted by atomic mass is 19.1. The number of halogens is 1. The van der Waals surface area contributed by atoms with E-state index in [1.165, 1.54) is 0 Å². The number of likely N-dealkylation sites (tertiary alicyclic amines) is 1. The van der Waals surface area contributed by atoms with Crippen molar-refractivity contribution in [1.82, 2.24) is 4.90 Å². The highest BCUT2D eigenvalue weighted by Gasteiger charge is 2.51. The Bertz CT molecular complexity index is 580. The maximum atomic E-state index is 12.3. The Balaban J connectivity index is 1.61. The van der Waals surface area contributed by atoms with E-state index in [4.69, 9.17) is 14.0 Å². The van der Waals surface area contributed by atoms with E-state index in [9.17, 15) is 4.39 Å². The van der Waals surface area contributed by atoms with Crippen LogP contribution in [0.1, 0.15) is 40.5 Å². The minimum Gasteiger partial charge on any atom is -0.489 e. The fraction of sp³-hybridized carbons (Fsp3) is 0.684. The van der Waals surface area contributed by atoms with E-state index in [0.717, 1.165) is 37.3 Å². The normalized spacial score (nSPS) is 25.5. The van der Waals surface area contributed by atoms with Crippen molar-refractivity contribution in [2.45, 2.75) is 57.8 Å². The smallest absolute Gasteiger partial charge is 0.489 e. The standard InChI is InChI=1S/C19H29BFNO3/c1-18(2)19(3,4)25-20(24-18)15-7-5-8-16(13-15)23-17-9-12-22(14-17)11-6-10-21/h5,7-8,13,17H,6,9-12,14H2,1-4H3. The number of nitrogens with zero attached hydrogens (tertiary/aromatic N) is 1. The van der Waals surface area contributed by atoms with Crippen molar-refractivity contribution in [1.29, 1.82) is 0 Å². The van der Waals surface area contributed by atoms with E-state index in [-0.39, 0.29) is 31.1 Å². The minimum atomic E-state index is -0.377. The average Bonchev–Trinajstić information content (AvgIpc) is 3.07. The Kier molecular flexibility index (Phi) is 5.42. The lowest BCUT2D eigenvalue weighted by molar-refractivity contribution is 0.00578. The quantitative estimate of drug-likeness (QED) is 0.739. The number of benzene rings is 1. The summed E-state index contributed by atoms with van der Waals surface area (Å²) >= 11 is 0. The number of ether oxygens (including phenoxy) is 1. The molecule has 2 heterocycles. The SMILES string of the molecule is CC1(C)OB(c2cccc(OC3CCN(CCCF)C3)c2)OC1(C)C. The van der Waals surface area contributed by atoms with Crippen molar-refractivity contribution in [3.05, 3.63) is 24.3 Å². The van der Waals surface area contributed by atoms with Crippen LogP contribution in [0.25, 0.3) is 0 Å². The van der Waals surface area contributed by atoms with Crippen molar-refractivity contribution >= 4 is 12.6 Å². The van der Waals surface area contributed by atoms with Crippen molar-refractivity contribution in [2.24, 2.45) is 0 Å². The predicted molar refractivity (Wildman–Crippen MR) is 98.2 cm³/mol. The molecule has 0 aliphatic carbocycles. The first-order valence-electron chi connectivity index (χ1n) is 9.21. The molecule has 2 fully saturated rings. The summed E-state index contributed by atoms with van der Waals surface area (Å²) < 4.78 is 30.7. The summed E-state index contributed by atoms with van der Waals surface area (Å²) in [5, 5.41) is 0. The van der Waals surface area contributed by atoms with Gasteiger partial charge in [-0.1, -0.05) is 12.1 Å². The molecule has 138 valence electrons. The second-order valence-electron chi connectivity index (χ2n) is 8.03. The van der Waals surface area contributed by atoms with Crippen LogP contribution in [-0.2, 0) is 9.31 Å². The maximum absolute atomic E-state index is 12.3. The predicted octanol–water partition coefficient (Wildman–Crippen LogP) is 2.80. The molecule has 2 aliphatic heterocycles. The maximum Gasteiger partial charge on any atom is 0.494 e. The van der Waals surface area contributed by atoms with Crippen molar-refractivity contribution < 1.29 is 18.4 Å². The van der Waals surface area contributed by atoms with Crippen LogP contribution in [0.5, 0.6) is 5.75 Å². The fourth-order valence-corrected chi connectivity index (χ4v) is 3.29. The highest BCUT2D eigenvalue weighted by Crippen LogP contribution is 2.36. The molecule has 0 aromatic heterocycles. The largest absolute Gasteiger partial charge is 0.494 e. The number of hydrogen-bond donors (Lipinski definition) is 0. The molecule has 0 N–H and O–H groups in total. The van der Waals surface area contributed by atoms with Gasteiger partial charge in [0.15, 0.2) is 0 Å². The number of rotatable bonds is 6. The zero-order valence-electron chi connectivity index (χ0n) is 15.8. The van der Waals surface area contributed by atoms with Gasteiger partial charge in [0.1, 0.15) is 11.9 Å². The Morgan fingerprint density at radius 3 is 2.64 bits per heavy atom. The first kappa shape index (κ1) is 18.7. The molecule has 0 saturated carbocycles. The molecule has 1 aromatic rings. The molecular formula is C19H29BFNO3. The molecule has 3 rings (SSSR count). The summed E-state index contributed by atoms with van der Waals surface area (Å²) in [4.78, 5) is 2.27. The van der Waals surface area contributed by atoms with Gasteiger partial charge in [0, 0.05) is 19.6 Å². The Hall–Kier alpha value is -1.11. The van der Waals surface area contributed by atoms with E-state index in [1.54, 1.807) is 0 Å².